The third kappa shape index (κ3) is 3.94. The number of hydrogen-bond donors (Lipinski definition) is 1. The topological polar surface area (TPSA) is 12.0 Å². The Morgan fingerprint density at radius 3 is 2.50 bits per heavy atom. The second kappa shape index (κ2) is 4.11. The summed E-state index contributed by atoms with van der Waals surface area (Å²) in [6.45, 7) is 8.04. The minimum atomic E-state index is -1.14. The van der Waals surface area contributed by atoms with Gasteiger partial charge in [0.05, 0.1) is 6.04 Å². The van der Waals surface area contributed by atoms with Crippen LogP contribution < -0.4 is 5.32 Å². The molecule has 1 unspecified atom stereocenters. The van der Waals surface area contributed by atoms with Crippen molar-refractivity contribution < 1.29 is 0 Å². The summed E-state index contributed by atoms with van der Waals surface area (Å²) >= 11 is 0. The number of piperidine rings is 1. The molecule has 1 aliphatic heterocycles. The first-order chi connectivity index (χ1) is 5.58. The summed E-state index contributed by atoms with van der Waals surface area (Å²) in [4.78, 5) is 0. The van der Waals surface area contributed by atoms with Crippen LogP contribution in [0, 0.1) is 11.5 Å². The van der Waals surface area contributed by atoms with Crippen LogP contribution in [0.15, 0.2) is 0 Å². The van der Waals surface area contributed by atoms with Crippen LogP contribution in [0.3, 0.4) is 0 Å². The predicted molar refractivity (Wildman–Crippen MR) is 56.8 cm³/mol. The minimum Gasteiger partial charge on any atom is -0.304 e. The van der Waals surface area contributed by atoms with Crippen LogP contribution in [0.4, 0.5) is 0 Å². The van der Waals surface area contributed by atoms with Crippen LogP contribution in [0.25, 0.3) is 0 Å². The zero-order chi connectivity index (χ0) is 9.03. The van der Waals surface area contributed by atoms with Gasteiger partial charge >= 0.3 is 0 Å². The molecule has 0 aromatic heterocycles. The van der Waals surface area contributed by atoms with Gasteiger partial charge in [-0.15, -0.1) is 5.54 Å². The fourth-order valence-electron chi connectivity index (χ4n) is 1.28. The molecule has 0 aliphatic carbocycles. The fraction of sp³-hybridized carbons (Fsp3) is 0.800. The van der Waals surface area contributed by atoms with Gasteiger partial charge in [0.1, 0.15) is 8.07 Å². The molecule has 0 radical (unpaired) electrons. The maximum Gasteiger partial charge on any atom is 0.129 e. The van der Waals surface area contributed by atoms with Crippen LogP contribution in [-0.4, -0.2) is 20.7 Å². The molecule has 1 heterocycles. The molecule has 1 atom stereocenters. The highest BCUT2D eigenvalue weighted by Gasteiger charge is 2.11. The van der Waals surface area contributed by atoms with Gasteiger partial charge in [-0.2, -0.15) is 0 Å². The molecule has 0 bridgehead atoms. The Bertz CT molecular complexity index is 188. The average Bonchev–Trinajstić information content (AvgIpc) is 2.02. The van der Waals surface area contributed by atoms with E-state index in [1.165, 1.54) is 19.3 Å². The summed E-state index contributed by atoms with van der Waals surface area (Å²) in [6.07, 6.45) is 3.92. The van der Waals surface area contributed by atoms with Crippen LogP contribution >= 0.6 is 0 Å². The van der Waals surface area contributed by atoms with E-state index in [2.05, 4.69) is 36.4 Å². The van der Waals surface area contributed by atoms with E-state index in [0.29, 0.717) is 6.04 Å². The van der Waals surface area contributed by atoms with E-state index in [1.54, 1.807) is 0 Å². The van der Waals surface area contributed by atoms with Crippen molar-refractivity contribution >= 4 is 8.07 Å². The number of hydrogen-bond acceptors (Lipinski definition) is 1. The van der Waals surface area contributed by atoms with Crippen LogP contribution in [-0.2, 0) is 0 Å². The lowest BCUT2D eigenvalue weighted by Gasteiger charge is -2.18. The summed E-state index contributed by atoms with van der Waals surface area (Å²) in [6, 6.07) is 0.491. The standard InChI is InChI=1S/C10H19NSi/c1-12(2,3)9-7-10-6-4-5-8-11-10/h10-11H,4-6,8H2,1-3H3. The summed E-state index contributed by atoms with van der Waals surface area (Å²) in [5, 5.41) is 3.44. The van der Waals surface area contributed by atoms with E-state index in [0.717, 1.165) is 6.54 Å². The van der Waals surface area contributed by atoms with Crippen molar-refractivity contribution in [3.05, 3.63) is 0 Å². The lowest BCUT2D eigenvalue weighted by atomic mass is 10.1. The minimum absolute atomic E-state index is 0.491. The molecule has 2 heteroatoms. The molecule has 1 fully saturated rings. The molecule has 1 nitrogen and oxygen atoms in total. The zero-order valence-corrected chi connectivity index (χ0v) is 9.41. The Kier molecular flexibility index (Phi) is 3.36. The van der Waals surface area contributed by atoms with Gasteiger partial charge in [-0.05, 0) is 25.8 Å². The Labute approximate surface area is 76.9 Å². The van der Waals surface area contributed by atoms with E-state index in [4.69, 9.17) is 0 Å². The Morgan fingerprint density at radius 2 is 2.00 bits per heavy atom. The van der Waals surface area contributed by atoms with Gasteiger partial charge in [-0.3, -0.25) is 0 Å². The second-order valence-electron chi connectivity index (χ2n) is 4.52. The van der Waals surface area contributed by atoms with Gasteiger partial charge in [-0.1, -0.05) is 25.6 Å². The van der Waals surface area contributed by atoms with E-state index in [-0.39, 0.29) is 0 Å². The van der Waals surface area contributed by atoms with E-state index in [9.17, 15) is 0 Å². The molecule has 0 aromatic carbocycles. The molecule has 68 valence electrons. The molecule has 1 aliphatic rings. The van der Waals surface area contributed by atoms with Gasteiger partial charge in [0.25, 0.3) is 0 Å². The van der Waals surface area contributed by atoms with Gasteiger partial charge in [0, 0.05) is 0 Å². The SMILES string of the molecule is C[Si](C)(C)C#CC1CCCCN1. The first kappa shape index (κ1) is 9.82. The fourth-order valence-corrected chi connectivity index (χ4v) is 1.89. The predicted octanol–water partition coefficient (Wildman–Crippen LogP) is 2.01. The van der Waals surface area contributed by atoms with Gasteiger partial charge in [0.2, 0.25) is 0 Å². The van der Waals surface area contributed by atoms with Crippen LogP contribution in [0.1, 0.15) is 19.3 Å². The van der Waals surface area contributed by atoms with Crippen molar-refractivity contribution in [2.45, 2.75) is 44.9 Å². The molecule has 0 spiro atoms. The number of nitrogens with one attached hydrogen (secondary N) is 1. The molecular weight excluding hydrogens is 162 g/mol. The Morgan fingerprint density at radius 1 is 1.25 bits per heavy atom. The summed E-state index contributed by atoms with van der Waals surface area (Å²) in [7, 11) is -1.14. The lowest BCUT2D eigenvalue weighted by Crippen LogP contribution is -2.33. The Balaban J connectivity index is 2.41. The van der Waals surface area contributed by atoms with Crippen LogP contribution in [0.5, 0.6) is 0 Å². The first-order valence-corrected chi connectivity index (χ1v) is 8.34. The molecule has 1 saturated heterocycles. The summed E-state index contributed by atoms with van der Waals surface area (Å²) < 4.78 is 0. The normalized spacial score (nSPS) is 24.4. The maximum atomic E-state index is 3.44. The molecular formula is C10H19NSi. The molecule has 1 N–H and O–H groups in total. The van der Waals surface area contributed by atoms with Gasteiger partial charge < -0.3 is 5.32 Å². The first-order valence-electron chi connectivity index (χ1n) is 4.84. The number of rotatable bonds is 0. The quantitative estimate of drug-likeness (QED) is 0.445. The van der Waals surface area contributed by atoms with E-state index < -0.39 is 8.07 Å². The third-order valence-corrected chi connectivity index (χ3v) is 2.83. The highest BCUT2D eigenvalue weighted by atomic mass is 28.3. The van der Waals surface area contributed by atoms with E-state index in [1.807, 2.05) is 0 Å². The van der Waals surface area contributed by atoms with Crippen molar-refractivity contribution in [1.82, 2.24) is 5.32 Å². The molecule has 0 amide bonds. The van der Waals surface area contributed by atoms with Crippen LogP contribution in [0.2, 0.25) is 19.6 Å². The highest BCUT2D eigenvalue weighted by molar-refractivity contribution is 6.83. The lowest BCUT2D eigenvalue weighted by molar-refractivity contribution is 0.464. The highest BCUT2D eigenvalue weighted by Crippen LogP contribution is 2.06. The summed E-state index contributed by atoms with van der Waals surface area (Å²) in [5.41, 5.74) is 3.42. The van der Waals surface area contributed by atoms with Crippen molar-refractivity contribution in [2.75, 3.05) is 6.54 Å². The van der Waals surface area contributed by atoms with Gasteiger partial charge in [-0.25, -0.2) is 0 Å². The largest absolute Gasteiger partial charge is 0.304 e. The molecule has 1 rings (SSSR count). The molecule has 0 saturated carbocycles. The average molecular weight is 181 g/mol. The third-order valence-electron chi connectivity index (χ3n) is 1.93. The van der Waals surface area contributed by atoms with Crippen molar-refractivity contribution in [3.63, 3.8) is 0 Å². The molecule has 0 aromatic rings. The summed E-state index contributed by atoms with van der Waals surface area (Å²) in [5.74, 6) is 3.36. The zero-order valence-electron chi connectivity index (χ0n) is 8.41. The van der Waals surface area contributed by atoms with Gasteiger partial charge in [0.15, 0.2) is 0 Å². The van der Waals surface area contributed by atoms with E-state index >= 15 is 0 Å². The monoisotopic (exact) mass is 181 g/mol. The smallest absolute Gasteiger partial charge is 0.129 e. The second-order valence-corrected chi connectivity index (χ2v) is 9.27. The van der Waals surface area contributed by atoms with Crippen molar-refractivity contribution in [3.8, 4) is 11.5 Å². The van der Waals surface area contributed by atoms with Crippen molar-refractivity contribution in [1.29, 1.82) is 0 Å². The maximum absolute atomic E-state index is 3.44. The molecule has 12 heavy (non-hydrogen) atoms. The van der Waals surface area contributed by atoms with Crippen molar-refractivity contribution in [2.24, 2.45) is 0 Å². The Hall–Kier alpha value is -0.263.